The first-order chi connectivity index (χ1) is 7.51. The zero-order valence-corrected chi connectivity index (χ0v) is 8.92. The fraction of sp³-hybridized carbons (Fsp3) is 0.667. The maximum absolute atomic E-state index is 12.0. The molecule has 1 rings (SSSR count). The number of ether oxygens (including phenoxy) is 1. The van der Waals surface area contributed by atoms with Crippen molar-refractivity contribution in [1.82, 2.24) is 15.1 Å². The van der Waals surface area contributed by atoms with Crippen LogP contribution in [0.1, 0.15) is 5.56 Å². The Hall–Kier alpha value is -1.08. The van der Waals surface area contributed by atoms with Gasteiger partial charge in [-0.25, -0.2) is 0 Å². The molecule has 92 valence electrons. The zero-order chi connectivity index (χ0) is 12.0. The molecule has 1 aromatic rings. The molecule has 0 radical (unpaired) electrons. The molecule has 16 heavy (non-hydrogen) atoms. The van der Waals surface area contributed by atoms with Gasteiger partial charge in [0.05, 0.1) is 12.8 Å². The lowest BCUT2D eigenvalue weighted by molar-refractivity contribution is -0.142. The Morgan fingerprint density at radius 2 is 2.25 bits per heavy atom. The van der Waals surface area contributed by atoms with E-state index < -0.39 is 12.7 Å². The third-order valence-corrected chi connectivity index (χ3v) is 1.84. The number of hydrogen-bond acceptors (Lipinski definition) is 3. The Bertz CT molecular complexity index is 311. The maximum Gasteiger partial charge on any atom is 0.408 e. The number of methoxy groups -OCH3 is 1. The molecule has 0 saturated carbocycles. The first kappa shape index (κ1) is 13.0. The zero-order valence-electron chi connectivity index (χ0n) is 8.92. The predicted octanol–water partition coefficient (Wildman–Crippen LogP) is 1.18. The summed E-state index contributed by atoms with van der Waals surface area (Å²) in [6, 6.07) is 0. The van der Waals surface area contributed by atoms with Crippen LogP contribution in [0, 0.1) is 0 Å². The molecule has 0 amide bonds. The average Bonchev–Trinajstić information content (AvgIpc) is 2.58. The van der Waals surface area contributed by atoms with Gasteiger partial charge in [0, 0.05) is 32.0 Å². The second kappa shape index (κ2) is 5.86. The Labute approximate surface area is 91.4 Å². The van der Waals surface area contributed by atoms with Crippen molar-refractivity contribution in [3.05, 3.63) is 18.0 Å². The normalized spacial score (nSPS) is 12.0. The molecule has 0 bridgehead atoms. The molecular weight excluding hydrogens is 223 g/mol. The van der Waals surface area contributed by atoms with E-state index in [1.54, 1.807) is 7.11 Å². The first-order valence-electron chi connectivity index (χ1n) is 4.79. The maximum atomic E-state index is 12.0. The standard InChI is InChI=1S/C9H14F3N3O/c1-16-3-2-13-4-8-5-14-15(6-8)7-9(10,11)12/h5-6,13H,2-4,7H2,1H3. The van der Waals surface area contributed by atoms with E-state index in [-0.39, 0.29) is 0 Å². The SMILES string of the molecule is COCCNCc1cnn(CC(F)(F)F)c1. The number of halogens is 3. The van der Waals surface area contributed by atoms with Crippen LogP contribution in [0.5, 0.6) is 0 Å². The summed E-state index contributed by atoms with van der Waals surface area (Å²) in [4.78, 5) is 0. The van der Waals surface area contributed by atoms with Crippen molar-refractivity contribution in [2.45, 2.75) is 19.3 Å². The molecule has 0 aliphatic rings. The van der Waals surface area contributed by atoms with Crippen molar-refractivity contribution in [2.75, 3.05) is 20.3 Å². The molecule has 0 aliphatic carbocycles. The topological polar surface area (TPSA) is 39.1 Å². The van der Waals surface area contributed by atoms with Gasteiger partial charge in [-0.05, 0) is 0 Å². The van der Waals surface area contributed by atoms with Gasteiger partial charge in [0.2, 0.25) is 0 Å². The Morgan fingerprint density at radius 1 is 1.50 bits per heavy atom. The van der Waals surface area contributed by atoms with Gasteiger partial charge in [-0.2, -0.15) is 18.3 Å². The minimum Gasteiger partial charge on any atom is -0.383 e. The lowest BCUT2D eigenvalue weighted by atomic mass is 10.3. The summed E-state index contributed by atoms with van der Waals surface area (Å²) in [7, 11) is 1.59. The van der Waals surface area contributed by atoms with Crippen LogP contribution in [-0.2, 0) is 17.8 Å². The Balaban J connectivity index is 2.34. The van der Waals surface area contributed by atoms with Crippen molar-refractivity contribution >= 4 is 0 Å². The highest BCUT2D eigenvalue weighted by Crippen LogP contribution is 2.16. The third kappa shape index (κ3) is 5.13. The minimum atomic E-state index is -4.23. The second-order valence-corrected chi connectivity index (χ2v) is 3.33. The van der Waals surface area contributed by atoms with Gasteiger partial charge in [-0.15, -0.1) is 0 Å². The van der Waals surface area contributed by atoms with Gasteiger partial charge in [0.1, 0.15) is 6.54 Å². The fourth-order valence-electron chi connectivity index (χ4n) is 1.17. The van der Waals surface area contributed by atoms with Crippen LogP contribution in [0.15, 0.2) is 12.4 Å². The van der Waals surface area contributed by atoms with Crippen molar-refractivity contribution in [2.24, 2.45) is 0 Å². The molecule has 4 nitrogen and oxygen atoms in total. The highest BCUT2D eigenvalue weighted by molar-refractivity contribution is 5.03. The van der Waals surface area contributed by atoms with Crippen LogP contribution in [0.2, 0.25) is 0 Å². The van der Waals surface area contributed by atoms with E-state index in [9.17, 15) is 13.2 Å². The summed E-state index contributed by atoms with van der Waals surface area (Å²) in [6.45, 7) is 0.657. The van der Waals surface area contributed by atoms with E-state index in [0.717, 1.165) is 10.2 Å². The van der Waals surface area contributed by atoms with E-state index in [1.165, 1.54) is 12.4 Å². The highest BCUT2D eigenvalue weighted by Gasteiger charge is 2.28. The summed E-state index contributed by atoms with van der Waals surface area (Å²) in [5.41, 5.74) is 0.723. The van der Waals surface area contributed by atoms with E-state index in [1.807, 2.05) is 0 Å². The second-order valence-electron chi connectivity index (χ2n) is 3.33. The van der Waals surface area contributed by atoms with Crippen LogP contribution in [0.3, 0.4) is 0 Å². The molecule has 1 heterocycles. The number of hydrogen-bond donors (Lipinski definition) is 1. The van der Waals surface area contributed by atoms with E-state index in [4.69, 9.17) is 4.74 Å². The predicted molar refractivity (Wildman–Crippen MR) is 51.9 cm³/mol. The molecule has 1 aromatic heterocycles. The molecular formula is C9H14F3N3O. The third-order valence-electron chi connectivity index (χ3n) is 1.84. The first-order valence-corrected chi connectivity index (χ1v) is 4.79. The molecule has 0 saturated heterocycles. The molecule has 1 N–H and O–H groups in total. The fourth-order valence-corrected chi connectivity index (χ4v) is 1.17. The van der Waals surface area contributed by atoms with Crippen LogP contribution >= 0.6 is 0 Å². The van der Waals surface area contributed by atoms with Crippen LogP contribution in [0.4, 0.5) is 13.2 Å². The Morgan fingerprint density at radius 3 is 2.88 bits per heavy atom. The van der Waals surface area contributed by atoms with Gasteiger partial charge >= 0.3 is 6.18 Å². The summed E-state index contributed by atoms with van der Waals surface area (Å²) in [5.74, 6) is 0. The van der Waals surface area contributed by atoms with Gasteiger partial charge < -0.3 is 10.1 Å². The Kier molecular flexibility index (Phi) is 4.75. The van der Waals surface area contributed by atoms with E-state index in [0.29, 0.717) is 19.7 Å². The monoisotopic (exact) mass is 237 g/mol. The quantitative estimate of drug-likeness (QED) is 0.755. The summed E-state index contributed by atoms with van der Waals surface area (Å²) in [5, 5.41) is 6.65. The van der Waals surface area contributed by atoms with Crippen LogP contribution in [0.25, 0.3) is 0 Å². The molecule has 7 heteroatoms. The van der Waals surface area contributed by atoms with Gasteiger partial charge in [0.25, 0.3) is 0 Å². The summed E-state index contributed by atoms with van der Waals surface area (Å²) < 4.78 is 41.7. The lowest BCUT2D eigenvalue weighted by Gasteiger charge is -2.05. The van der Waals surface area contributed by atoms with Crippen molar-refractivity contribution in [1.29, 1.82) is 0 Å². The number of rotatable bonds is 6. The van der Waals surface area contributed by atoms with E-state index in [2.05, 4.69) is 10.4 Å². The minimum absolute atomic E-state index is 0.487. The molecule has 0 spiro atoms. The number of alkyl halides is 3. The number of nitrogens with one attached hydrogen (secondary N) is 1. The molecule has 0 fully saturated rings. The van der Waals surface area contributed by atoms with Crippen molar-refractivity contribution < 1.29 is 17.9 Å². The number of nitrogens with zero attached hydrogens (tertiary/aromatic N) is 2. The van der Waals surface area contributed by atoms with Crippen LogP contribution < -0.4 is 5.32 Å². The smallest absolute Gasteiger partial charge is 0.383 e. The highest BCUT2D eigenvalue weighted by atomic mass is 19.4. The van der Waals surface area contributed by atoms with Crippen LogP contribution in [-0.4, -0.2) is 36.2 Å². The lowest BCUT2D eigenvalue weighted by Crippen LogP contribution is -2.19. The summed E-state index contributed by atoms with van der Waals surface area (Å²) >= 11 is 0. The number of aromatic nitrogens is 2. The molecule has 0 aliphatic heterocycles. The van der Waals surface area contributed by atoms with Gasteiger partial charge in [-0.1, -0.05) is 0 Å². The summed E-state index contributed by atoms with van der Waals surface area (Å²) in [6.07, 6.45) is -1.42. The molecule has 0 unspecified atom stereocenters. The van der Waals surface area contributed by atoms with Crippen molar-refractivity contribution in [3.63, 3.8) is 0 Å². The van der Waals surface area contributed by atoms with E-state index >= 15 is 0 Å². The van der Waals surface area contributed by atoms with Gasteiger partial charge in [-0.3, -0.25) is 4.68 Å². The largest absolute Gasteiger partial charge is 0.408 e. The molecule has 0 atom stereocenters. The molecule has 0 aromatic carbocycles. The van der Waals surface area contributed by atoms with Gasteiger partial charge in [0.15, 0.2) is 0 Å². The average molecular weight is 237 g/mol. The van der Waals surface area contributed by atoms with Crippen molar-refractivity contribution in [3.8, 4) is 0 Å².